The zero-order chi connectivity index (χ0) is 20.2. The van der Waals surface area contributed by atoms with Gasteiger partial charge in [-0.1, -0.05) is 24.6 Å². The molecule has 1 aromatic heterocycles. The van der Waals surface area contributed by atoms with Crippen LogP contribution in [0.5, 0.6) is 5.75 Å². The largest absolute Gasteiger partial charge is 0.503 e. The Hall–Kier alpha value is -2.31. The SMILES string of the molecule is Cn1c(CN2CCN(c3ccccc3)CC2)cc(=O)c(O)c1CN1CCCCC1. The van der Waals surface area contributed by atoms with Crippen LogP contribution in [0.25, 0.3) is 0 Å². The first-order chi connectivity index (χ1) is 14.1. The zero-order valence-electron chi connectivity index (χ0n) is 17.4. The van der Waals surface area contributed by atoms with E-state index in [9.17, 15) is 9.90 Å². The normalized spacial score (nSPS) is 18.9. The molecule has 0 atom stereocenters. The number of benzene rings is 1. The molecule has 0 spiro atoms. The molecular formula is C23H32N4O2. The summed E-state index contributed by atoms with van der Waals surface area (Å²) in [5.41, 5.74) is 2.74. The summed E-state index contributed by atoms with van der Waals surface area (Å²) in [5, 5.41) is 10.4. The molecule has 156 valence electrons. The molecular weight excluding hydrogens is 364 g/mol. The van der Waals surface area contributed by atoms with Crippen LogP contribution in [0.4, 0.5) is 5.69 Å². The van der Waals surface area contributed by atoms with Crippen LogP contribution in [0.3, 0.4) is 0 Å². The van der Waals surface area contributed by atoms with E-state index in [0.29, 0.717) is 6.54 Å². The summed E-state index contributed by atoms with van der Waals surface area (Å²) < 4.78 is 2.04. The van der Waals surface area contributed by atoms with Crippen molar-refractivity contribution >= 4 is 5.69 Å². The summed E-state index contributed by atoms with van der Waals surface area (Å²) in [4.78, 5) is 19.6. The number of anilines is 1. The van der Waals surface area contributed by atoms with Gasteiger partial charge in [-0.2, -0.15) is 0 Å². The molecule has 1 N–H and O–H groups in total. The molecule has 0 radical (unpaired) electrons. The Morgan fingerprint density at radius 3 is 2.21 bits per heavy atom. The molecule has 2 aliphatic rings. The van der Waals surface area contributed by atoms with Crippen molar-refractivity contribution in [3.63, 3.8) is 0 Å². The van der Waals surface area contributed by atoms with Crippen molar-refractivity contribution in [2.45, 2.75) is 32.4 Å². The Morgan fingerprint density at radius 1 is 0.862 bits per heavy atom. The third-order valence-corrected chi connectivity index (χ3v) is 6.34. The fourth-order valence-electron chi connectivity index (χ4n) is 4.48. The highest BCUT2D eigenvalue weighted by Crippen LogP contribution is 2.21. The molecule has 3 heterocycles. The third kappa shape index (κ3) is 4.65. The first-order valence-electron chi connectivity index (χ1n) is 10.8. The van der Waals surface area contributed by atoms with Crippen LogP contribution >= 0.6 is 0 Å². The number of rotatable bonds is 5. The van der Waals surface area contributed by atoms with E-state index in [1.54, 1.807) is 6.07 Å². The molecule has 2 fully saturated rings. The second kappa shape index (κ2) is 9.01. The number of likely N-dealkylation sites (tertiary alicyclic amines) is 1. The lowest BCUT2D eigenvalue weighted by Crippen LogP contribution is -2.46. The van der Waals surface area contributed by atoms with Crippen molar-refractivity contribution in [1.82, 2.24) is 14.4 Å². The monoisotopic (exact) mass is 396 g/mol. The Bertz CT molecular complexity index is 866. The maximum absolute atomic E-state index is 12.4. The van der Waals surface area contributed by atoms with Crippen molar-refractivity contribution in [2.75, 3.05) is 44.2 Å². The van der Waals surface area contributed by atoms with E-state index in [4.69, 9.17) is 0 Å². The van der Waals surface area contributed by atoms with Gasteiger partial charge in [-0.15, -0.1) is 0 Å². The summed E-state index contributed by atoms with van der Waals surface area (Å²) in [6, 6.07) is 12.1. The molecule has 2 aliphatic heterocycles. The maximum atomic E-state index is 12.4. The van der Waals surface area contributed by atoms with Crippen LogP contribution in [-0.2, 0) is 20.1 Å². The maximum Gasteiger partial charge on any atom is 0.223 e. The minimum Gasteiger partial charge on any atom is -0.503 e. The summed E-state index contributed by atoms with van der Waals surface area (Å²) in [7, 11) is 1.98. The van der Waals surface area contributed by atoms with Crippen molar-refractivity contribution in [3.8, 4) is 5.75 Å². The van der Waals surface area contributed by atoms with Crippen molar-refractivity contribution in [1.29, 1.82) is 0 Å². The van der Waals surface area contributed by atoms with Crippen LogP contribution in [0.2, 0.25) is 0 Å². The van der Waals surface area contributed by atoms with Crippen LogP contribution in [-0.4, -0.2) is 58.7 Å². The number of piperidine rings is 1. The summed E-state index contributed by atoms with van der Waals surface area (Å²) >= 11 is 0. The van der Waals surface area contributed by atoms with Gasteiger partial charge in [0.05, 0.1) is 5.69 Å². The van der Waals surface area contributed by atoms with Crippen LogP contribution < -0.4 is 10.3 Å². The molecule has 0 amide bonds. The second-order valence-corrected chi connectivity index (χ2v) is 8.29. The van der Waals surface area contributed by atoms with Crippen LogP contribution in [0.1, 0.15) is 30.7 Å². The van der Waals surface area contributed by atoms with Gasteiger partial charge in [-0.25, -0.2) is 0 Å². The van der Waals surface area contributed by atoms with Gasteiger partial charge in [0, 0.05) is 63.8 Å². The van der Waals surface area contributed by atoms with E-state index in [0.717, 1.165) is 57.2 Å². The molecule has 29 heavy (non-hydrogen) atoms. The lowest BCUT2D eigenvalue weighted by molar-refractivity contribution is 0.210. The Balaban J connectivity index is 1.44. The molecule has 1 aromatic carbocycles. The molecule has 2 saturated heterocycles. The first kappa shape index (κ1) is 20.0. The van der Waals surface area contributed by atoms with Gasteiger partial charge < -0.3 is 14.6 Å². The van der Waals surface area contributed by atoms with Crippen LogP contribution in [0.15, 0.2) is 41.2 Å². The summed E-state index contributed by atoms with van der Waals surface area (Å²) in [6.07, 6.45) is 3.66. The van der Waals surface area contributed by atoms with Crippen molar-refractivity contribution in [3.05, 3.63) is 58.0 Å². The Kier molecular flexibility index (Phi) is 6.21. The Morgan fingerprint density at radius 2 is 1.52 bits per heavy atom. The zero-order valence-corrected chi connectivity index (χ0v) is 17.4. The van der Waals surface area contributed by atoms with E-state index in [-0.39, 0.29) is 11.2 Å². The molecule has 6 nitrogen and oxygen atoms in total. The predicted molar refractivity (Wildman–Crippen MR) is 116 cm³/mol. The lowest BCUT2D eigenvalue weighted by atomic mass is 10.1. The van der Waals surface area contributed by atoms with Gasteiger partial charge in [-0.3, -0.25) is 14.6 Å². The highest BCUT2D eigenvalue weighted by atomic mass is 16.3. The molecule has 0 aliphatic carbocycles. The summed E-state index contributed by atoms with van der Waals surface area (Å²) in [5.74, 6) is -0.0873. The van der Waals surface area contributed by atoms with E-state index in [1.807, 2.05) is 17.7 Å². The second-order valence-electron chi connectivity index (χ2n) is 8.29. The van der Waals surface area contributed by atoms with Gasteiger partial charge in [0.2, 0.25) is 5.43 Å². The number of aromatic hydroxyl groups is 1. The highest BCUT2D eigenvalue weighted by Gasteiger charge is 2.21. The lowest BCUT2D eigenvalue weighted by Gasteiger charge is -2.36. The predicted octanol–water partition coefficient (Wildman–Crippen LogP) is 2.40. The van der Waals surface area contributed by atoms with E-state index >= 15 is 0 Å². The standard InChI is InChI=1S/C23H32N4O2/c1-24-20(16-22(28)23(29)21(24)18-25-10-6-3-7-11-25)17-26-12-14-27(15-13-26)19-8-4-2-5-9-19/h2,4-5,8-9,16,29H,3,6-7,10-15,17-18H2,1H3. The molecule has 2 aromatic rings. The van der Waals surface area contributed by atoms with Gasteiger partial charge in [0.15, 0.2) is 5.75 Å². The minimum absolute atomic E-state index is 0.0873. The smallest absolute Gasteiger partial charge is 0.223 e. The van der Waals surface area contributed by atoms with Crippen LogP contribution in [0, 0.1) is 0 Å². The third-order valence-electron chi connectivity index (χ3n) is 6.34. The number of para-hydroxylation sites is 1. The number of pyridine rings is 1. The fraction of sp³-hybridized carbons (Fsp3) is 0.522. The topological polar surface area (TPSA) is 52.0 Å². The van der Waals surface area contributed by atoms with Gasteiger partial charge in [0.25, 0.3) is 0 Å². The first-order valence-corrected chi connectivity index (χ1v) is 10.8. The molecule has 0 unspecified atom stereocenters. The number of hydrogen-bond acceptors (Lipinski definition) is 5. The van der Waals surface area contributed by atoms with Crippen molar-refractivity contribution < 1.29 is 5.11 Å². The average molecular weight is 397 g/mol. The number of aromatic nitrogens is 1. The van der Waals surface area contributed by atoms with E-state index < -0.39 is 0 Å². The summed E-state index contributed by atoms with van der Waals surface area (Å²) in [6.45, 7) is 7.36. The molecule has 0 bridgehead atoms. The molecule has 6 heteroatoms. The van der Waals surface area contributed by atoms with E-state index in [2.05, 4.69) is 39.0 Å². The van der Waals surface area contributed by atoms with Gasteiger partial charge in [0.1, 0.15) is 0 Å². The highest BCUT2D eigenvalue weighted by molar-refractivity contribution is 5.46. The molecule has 4 rings (SSSR count). The minimum atomic E-state index is -0.256. The number of piperazine rings is 1. The average Bonchev–Trinajstić information content (AvgIpc) is 2.77. The number of hydrogen-bond donors (Lipinski definition) is 1. The van der Waals surface area contributed by atoms with Gasteiger partial charge >= 0.3 is 0 Å². The van der Waals surface area contributed by atoms with Gasteiger partial charge in [-0.05, 0) is 38.1 Å². The molecule has 0 saturated carbocycles. The van der Waals surface area contributed by atoms with Crippen molar-refractivity contribution in [2.24, 2.45) is 7.05 Å². The van der Waals surface area contributed by atoms with E-state index in [1.165, 1.54) is 24.9 Å². The fourth-order valence-corrected chi connectivity index (χ4v) is 4.48. The number of nitrogens with zero attached hydrogens (tertiary/aromatic N) is 4. The Labute approximate surface area is 173 Å². The quantitative estimate of drug-likeness (QED) is 0.841.